The summed E-state index contributed by atoms with van der Waals surface area (Å²) in [5.41, 5.74) is 0. The first-order valence-corrected chi connectivity index (χ1v) is 10.0. The Hall–Kier alpha value is -0.0700. The van der Waals surface area contributed by atoms with E-state index in [1.54, 1.807) is 0 Å². The van der Waals surface area contributed by atoms with Gasteiger partial charge in [-0.05, 0) is 56.5 Å². The first-order chi connectivity index (χ1) is 11.7. The first kappa shape index (κ1) is 24.0. The minimum Gasteiger partial charge on any atom is -0.379 e. The minimum absolute atomic E-state index is 0. The van der Waals surface area contributed by atoms with Gasteiger partial charge in [0, 0.05) is 39.1 Å². The highest BCUT2D eigenvalue weighted by atomic mass is 35.5. The SMILES string of the molecule is CC(CC(=O)N1CCC(CN2CCOCC2)CC1)C1CCNCC1.Cl.Cl. The molecule has 0 bridgehead atoms. The molecule has 1 amide bonds. The standard InChI is InChI=1S/C19H35N3O2.2ClH/c1-16(18-2-6-20-7-3-18)14-19(23)22-8-4-17(5-9-22)15-21-10-12-24-13-11-21;;/h16-18,20H,2-15H2,1H3;2*1H. The fourth-order valence-electron chi connectivity index (χ4n) is 4.50. The molecule has 1 atom stereocenters. The van der Waals surface area contributed by atoms with Crippen LogP contribution < -0.4 is 5.32 Å². The van der Waals surface area contributed by atoms with Crippen molar-refractivity contribution in [2.45, 2.75) is 39.0 Å². The zero-order chi connectivity index (χ0) is 16.8. The van der Waals surface area contributed by atoms with Crippen molar-refractivity contribution in [2.24, 2.45) is 17.8 Å². The molecule has 3 heterocycles. The van der Waals surface area contributed by atoms with Crippen molar-refractivity contribution in [1.29, 1.82) is 0 Å². The van der Waals surface area contributed by atoms with E-state index in [1.807, 2.05) is 0 Å². The molecule has 3 saturated heterocycles. The van der Waals surface area contributed by atoms with Gasteiger partial charge in [0.25, 0.3) is 0 Å². The number of carbonyl (C=O) groups is 1. The number of amides is 1. The second-order valence-electron chi connectivity index (χ2n) is 8.01. The van der Waals surface area contributed by atoms with Crippen molar-refractivity contribution in [3.63, 3.8) is 0 Å². The number of rotatable bonds is 5. The van der Waals surface area contributed by atoms with Gasteiger partial charge in [-0.15, -0.1) is 24.8 Å². The summed E-state index contributed by atoms with van der Waals surface area (Å²) in [5, 5.41) is 3.42. The van der Waals surface area contributed by atoms with Gasteiger partial charge in [0.2, 0.25) is 5.91 Å². The Morgan fingerprint density at radius 1 is 1.04 bits per heavy atom. The molecule has 0 aromatic rings. The number of nitrogens with one attached hydrogen (secondary N) is 1. The number of nitrogens with zero attached hydrogens (tertiary/aromatic N) is 2. The molecule has 1 N–H and O–H groups in total. The van der Waals surface area contributed by atoms with Crippen LogP contribution in [0.15, 0.2) is 0 Å². The Labute approximate surface area is 171 Å². The summed E-state index contributed by atoms with van der Waals surface area (Å²) in [6.07, 6.45) is 5.56. The summed E-state index contributed by atoms with van der Waals surface area (Å²) in [6, 6.07) is 0. The lowest BCUT2D eigenvalue weighted by Gasteiger charge is -2.37. The van der Waals surface area contributed by atoms with Crippen molar-refractivity contribution < 1.29 is 9.53 Å². The number of hydrogen-bond donors (Lipinski definition) is 1. The van der Waals surface area contributed by atoms with E-state index in [-0.39, 0.29) is 24.8 Å². The minimum atomic E-state index is 0. The van der Waals surface area contributed by atoms with Crippen molar-refractivity contribution in [2.75, 3.05) is 59.0 Å². The fraction of sp³-hybridized carbons (Fsp3) is 0.947. The zero-order valence-electron chi connectivity index (χ0n) is 16.2. The van der Waals surface area contributed by atoms with Gasteiger partial charge in [-0.3, -0.25) is 9.69 Å². The summed E-state index contributed by atoms with van der Waals surface area (Å²) in [6.45, 7) is 11.6. The Balaban J connectivity index is 0.00000169. The molecule has 5 nitrogen and oxygen atoms in total. The van der Waals surface area contributed by atoms with Crippen LogP contribution in [-0.4, -0.2) is 74.7 Å². The van der Waals surface area contributed by atoms with Gasteiger partial charge in [-0.25, -0.2) is 0 Å². The van der Waals surface area contributed by atoms with Crippen LogP contribution in [0.1, 0.15) is 39.0 Å². The molecule has 3 aliphatic heterocycles. The van der Waals surface area contributed by atoms with Crippen LogP contribution in [0.25, 0.3) is 0 Å². The molecular weight excluding hydrogens is 373 g/mol. The second-order valence-corrected chi connectivity index (χ2v) is 8.01. The number of halogens is 2. The van der Waals surface area contributed by atoms with Gasteiger partial charge in [-0.1, -0.05) is 6.92 Å². The molecule has 7 heteroatoms. The van der Waals surface area contributed by atoms with Gasteiger partial charge in [-0.2, -0.15) is 0 Å². The van der Waals surface area contributed by atoms with E-state index in [1.165, 1.54) is 32.2 Å². The lowest BCUT2D eigenvalue weighted by atomic mass is 9.83. The molecule has 0 aromatic heterocycles. The van der Waals surface area contributed by atoms with Crippen LogP contribution >= 0.6 is 24.8 Å². The zero-order valence-corrected chi connectivity index (χ0v) is 17.8. The number of hydrogen-bond acceptors (Lipinski definition) is 4. The number of carbonyl (C=O) groups excluding carboxylic acids is 1. The van der Waals surface area contributed by atoms with E-state index >= 15 is 0 Å². The van der Waals surface area contributed by atoms with Crippen molar-refractivity contribution >= 4 is 30.7 Å². The fourth-order valence-corrected chi connectivity index (χ4v) is 4.50. The third kappa shape index (κ3) is 7.16. The lowest BCUT2D eigenvalue weighted by molar-refractivity contribution is -0.134. The molecule has 26 heavy (non-hydrogen) atoms. The molecule has 0 radical (unpaired) electrons. The van der Waals surface area contributed by atoms with E-state index in [9.17, 15) is 4.79 Å². The average Bonchev–Trinajstić information content (AvgIpc) is 2.64. The van der Waals surface area contributed by atoms with Gasteiger partial charge < -0.3 is 15.0 Å². The number of ether oxygens (including phenoxy) is 1. The molecule has 0 aliphatic carbocycles. The summed E-state index contributed by atoms with van der Waals surface area (Å²) in [7, 11) is 0. The summed E-state index contributed by atoms with van der Waals surface area (Å²) < 4.78 is 5.43. The van der Waals surface area contributed by atoms with E-state index in [4.69, 9.17) is 4.74 Å². The maximum Gasteiger partial charge on any atom is 0.222 e. The molecule has 3 rings (SSSR count). The normalized spacial score (nSPS) is 24.4. The van der Waals surface area contributed by atoms with Crippen LogP contribution in [0, 0.1) is 17.8 Å². The molecule has 3 aliphatic rings. The van der Waals surface area contributed by atoms with E-state index in [2.05, 4.69) is 22.0 Å². The molecule has 154 valence electrons. The molecule has 0 spiro atoms. The Morgan fingerprint density at radius 2 is 1.65 bits per heavy atom. The number of morpholine rings is 1. The largest absolute Gasteiger partial charge is 0.379 e. The number of likely N-dealkylation sites (tertiary alicyclic amines) is 1. The Kier molecular flexibility index (Phi) is 11.4. The topological polar surface area (TPSA) is 44.8 Å². The molecular formula is C19H37Cl2N3O2. The van der Waals surface area contributed by atoms with Crippen LogP contribution in [0.2, 0.25) is 0 Å². The molecule has 0 aromatic carbocycles. The highest BCUT2D eigenvalue weighted by molar-refractivity contribution is 5.85. The summed E-state index contributed by atoms with van der Waals surface area (Å²) in [5.74, 6) is 2.42. The monoisotopic (exact) mass is 409 g/mol. The lowest BCUT2D eigenvalue weighted by Crippen LogP contribution is -2.44. The Bertz CT molecular complexity index is 394. The van der Waals surface area contributed by atoms with Gasteiger partial charge in [0.1, 0.15) is 0 Å². The summed E-state index contributed by atoms with van der Waals surface area (Å²) in [4.78, 5) is 17.3. The molecule has 0 saturated carbocycles. The van der Waals surface area contributed by atoms with Crippen LogP contribution in [0.4, 0.5) is 0 Å². The smallest absolute Gasteiger partial charge is 0.222 e. The maximum atomic E-state index is 12.6. The highest BCUT2D eigenvalue weighted by Gasteiger charge is 2.28. The quantitative estimate of drug-likeness (QED) is 0.756. The van der Waals surface area contributed by atoms with E-state index in [0.29, 0.717) is 11.8 Å². The van der Waals surface area contributed by atoms with Crippen molar-refractivity contribution in [3.8, 4) is 0 Å². The van der Waals surface area contributed by atoms with Gasteiger partial charge in [0.05, 0.1) is 13.2 Å². The summed E-state index contributed by atoms with van der Waals surface area (Å²) >= 11 is 0. The van der Waals surface area contributed by atoms with Gasteiger partial charge >= 0.3 is 0 Å². The van der Waals surface area contributed by atoms with Crippen molar-refractivity contribution in [1.82, 2.24) is 15.1 Å². The predicted molar refractivity (Wildman–Crippen MR) is 110 cm³/mol. The number of piperidine rings is 2. The van der Waals surface area contributed by atoms with Crippen LogP contribution in [0.5, 0.6) is 0 Å². The van der Waals surface area contributed by atoms with Crippen molar-refractivity contribution in [3.05, 3.63) is 0 Å². The van der Waals surface area contributed by atoms with Crippen LogP contribution in [0.3, 0.4) is 0 Å². The average molecular weight is 410 g/mol. The molecule has 3 fully saturated rings. The second kappa shape index (κ2) is 12.4. The highest BCUT2D eigenvalue weighted by Crippen LogP contribution is 2.26. The van der Waals surface area contributed by atoms with Crippen LogP contribution in [-0.2, 0) is 9.53 Å². The predicted octanol–water partition coefficient (Wildman–Crippen LogP) is 2.43. The third-order valence-electron chi connectivity index (χ3n) is 6.27. The first-order valence-electron chi connectivity index (χ1n) is 10.0. The maximum absolute atomic E-state index is 12.6. The van der Waals surface area contributed by atoms with Gasteiger partial charge in [0.15, 0.2) is 0 Å². The molecule has 1 unspecified atom stereocenters. The van der Waals surface area contributed by atoms with E-state index in [0.717, 1.165) is 70.7 Å². The van der Waals surface area contributed by atoms with E-state index < -0.39 is 0 Å². The third-order valence-corrected chi connectivity index (χ3v) is 6.27. The Morgan fingerprint density at radius 3 is 2.27 bits per heavy atom.